The van der Waals surface area contributed by atoms with Crippen LogP contribution in [0.4, 0.5) is 0 Å². The highest BCUT2D eigenvalue weighted by molar-refractivity contribution is 7.89. The molecule has 0 spiro atoms. The molecule has 0 aliphatic heterocycles. The number of aryl methyl sites for hydroxylation is 2. The number of hydrogen-bond donors (Lipinski definition) is 2. The summed E-state index contributed by atoms with van der Waals surface area (Å²) in [7, 11) is -3.49. The molecule has 0 unspecified atom stereocenters. The zero-order valence-electron chi connectivity index (χ0n) is 11.2. The van der Waals surface area contributed by atoms with Crippen molar-refractivity contribution in [3.05, 3.63) is 11.4 Å². The summed E-state index contributed by atoms with van der Waals surface area (Å²) in [5, 5.41) is 6.65. The van der Waals surface area contributed by atoms with Crippen LogP contribution in [-0.2, 0) is 10.0 Å². The van der Waals surface area contributed by atoms with Crippen molar-refractivity contribution >= 4 is 10.0 Å². The highest BCUT2D eigenvalue weighted by atomic mass is 32.2. The molecule has 0 amide bonds. The minimum Gasteiger partial charge on any atom is -0.329 e. The van der Waals surface area contributed by atoms with E-state index in [1.807, 2.05) is 6.92 Å². The first-order valence-corrected chi connectivity index (χ1v) is 7.61. The van der Waals surface area contributed by atoms with Gasteiger partial charge in [-0.05, 0) is 20.3 Å². The van der Waals surface area contributed by atoms with Gasteiger partial charge in [-0.2, -0.15) is 9.40 Å². The van der Waals surface area contributed by atoms with E-state index in [-0.39, 0.29) is 4.90 Å². The maximum atomic E-state index is 12.5. The summed E-state index contributed by atoms with van der Waals surface area (Å²) in [6.07, 6.45) is 1.77. The van der Waals surface area contributed by atoms with Crippen LogP contribution in [0.3, 0.4) is 0 Å². The Morgan fingerprint density at radius 2 is 2.00 bits per heavy atom. The number of H-pyrrole nitrogens is 1. The van der Waals surface area contributed by atoms with Gasteiger partial charge in [0.2, 0.25) is 10.0 Å². The average molecular weight is 274 g/mol. The monoisotopic (exact) mass is 274 g/mol. The van der Waals surface area contributed by atoms with E-state index in [1.54, 1.807) is 13.8 Å². The Bertz CT molecular complexity index is 462. The molecule has 6 nitrogen and oxygen atoms in total. The van der Waals surface area contributed by atoms with Crippen LogP contribution in [0.2, 0.25) is 0 Å². The number of sulfonamides is 1. The molecule has 7 heteroatoms. The van der Waals surface area contributed by atoms with Gasteiger partial charge in [0.05, 0.1) is 11.4 Å². The van der Waals surface area contributed by atoms with E-state index in [4.69, 9.17) is 5.73 Å². The molecule has 1 rings (SSSR count). The number of aromatic nitrogens is 2. The molecule has 0 saturated carbocycles. The van der Waals surface area contributed by atoms with Gasteiger partial charge < -0.3 is 5.73 Å². The Morgan fingerprint density at radius 3 is 2.44 bits per heavy atom. The lowest BCUT2D eigenvalue weighted by Crippen LogP contribution is -2.36. The Hall–Kier alpha value is -0.920. The number of nitrogens with two attached hydrogens (primary N) is 1. The lowest BCUT2D eigenvalue weighted by Gasteiger charge is -2.21. The van der Waals surface area contributed by atoms with E-state index in [0.29, 0.717) is 31.0 Å². The standard InChI is InChI=1S/C11H22N4O2S/c1-4-5-7-15(8-6-12)18(16,17)11-9(2)13-14-10(11)3/h4-8,12H2,1-3H3,(H,13,14). The molecular formula is C11H22N4O2S. The zero-order valence-corrected chi connectivity index (χ0v) is 12.0. The first kappa shape index (κ1) is 15.1. The summed E-state index contributed by atoms with van der Waals surface area (Å²) in [6.45, 7) is 6.59. The maximum absolute atomic E-state index is 12.5. The molecule has 0 fully saturated rings. The third kappa shape index (κ3) is 3.09. The van der Waals surface area contributed by atoms with Crippen molar-refractivity contribution in [1.82, 2.24) is 14.5 Å². The van der Waals surface area contributed by atoms with Gasteiger partial charge in [-0.1, -0.05) is 13.3 Å². The van der Waals surface area contributed by atoms with Crippen LogP contribution < -0.4 is 5.73 Å². The topological polar surface area (TPSA) is 92.1 Å². The largest absolute Gasteiger partial charge is 0.329 e. The summed E-state index contributed by atoms with van der Waals surface area (Å²) in [4.78, 5) is 0.284. The Kier molecular flexibility index (Phi) is 5.30. The second kappa shape index (κ2) is 6.31. The van der Waals surface area contributed by atoms with Gasteiger partial charge in [0.25, 0.3) is 0 Å². The number of unbranched alkanes of at least 4 members (excludes halogenated alkanes) is 1. The van der Waals surface area contributed by atoms with Crippen molar-refractivity contribution in [1.29, 1.82) is 0 Å². The first-order valence-electron chi connectivity index (χ1n) is 6.17. The predicted octanol–water partition coefficient (Wildman–Crippen LogP) is 0.776. The molecule has 1 aromatic rings. The molecule has 1 aromatic heterocycles. The SMILES string of the molecule is CCCCN(CCN)S(=O)(=O)c1c(C)n[nH]c1C. The van der Waals surface area contributed by atoms with Crippen LogP contribution in [0.1, 0.15) is 31.2 Å². The number of hydrogen-bond acceptors (Lipinski definition) is 4. The van der Waals surface area contributed by atoms with Gasteiger partial charge in [-0.15, -0.1) is 0 Å². The van der Waals surface area contributed by atoms with Crippen LogP contribution >= 0.6 is 0 Å². The minimum absolute atomic E-state index is 0.284. The third-order valence-corrected chi connectivity index (χ3v) is 4.96. The van der Waals surface area contributed by atoms with Crippen molar-refractivity contribution < 1.29 is 8.42 Å². The maximum Gasteiger partial charge on any atom is 0.246 e. The molecule has 1 heterocycles. The van der Waals surface area contributed by atoms with Gasteiger partial charge in [0, 0.05) is 19.6 Å². The van der Waals surface area contributed by atoms with Gasteiger partial charge in [0.1, 0.15) is 4.90 Å². The summed E-state index contributed by atoms with van der Waals surface area (Å²) < 4.78 is 26.5. The van der Waals surface area contributed by atoms with Crippen molar-refractivity contribution in [2.24, 2.45) is 5.73 Å². The van der Waals surface area contributed by atoms with E-state index in [9.17, 15) is 8.42 Å². The molecule has 0 aliphatic rings. The minimum atomic E-state index is -3.49. The summed E-state index contributed by atoms with van der Waals surface area (Å²) in [5.41, 5.74) is 6.58. The van der Waals surface area contributed by atoms with Gasteiger partial charge in [-0.3, -0.25) is 5.10 Å². The molecule has 0 bridgehead atoms. The molecule has 18 heavy (non-hydrogen) atoms. The fourth-order valence-corrected chi connectivity index (χ4v) is 3.71. The van der Waals surface area contributed by atoms with Crippen LogP contribution in [-0.4, -0.2) is 42.6 Å². The lowest BCUT2D eigenvalue weighted by molar-refractivity contribution is 0.409. The van der Waals surface area contributed by atoms with Crippen molar-refractivity contribution in [3.8, 4) is 0 Å². The number of nitrogens with zero attached hydrogens (tertiary/aromatic N) is 2. The fraction of sp³-hybridized carbons (Fsp3) is 0.727. The molecule has 0 radical (unpaired) electrons. The lowest BCUT2D eigenvalue weighted by atomic mass is 10.3. The van der Waals surface area contributed by atoms with E-state index >= 15 is 0 Å². The number of aromatic amines is 1. The second-order valence-corrected chi connectivity index (χ2v) is 6.18. The smallest absolute Gasteiger partial charge is 0.246 e. The number of rotatable bonds is 7. The van der Waals surface area contributed by atoms with Crippen LogP contribution in [0, 0.1) is 13.8 Å². The predicted molar refractivity (Wildman–Crippen MR) is 70.8 cm³/mol. The summed E-state index contributed by atoms with van der Waals surface area (Å²) in [5.74, 6) is 0. The Labute approximate surface area is 109 Å². The van der Waals surface area contributed by atoms with Crippen LogP contribution in [0.15, 0.2) is 4.90 Å². The molecule has 0 atom stereocenters. The molecule has 0 aliphatic carbocycles. The first-order chi connectivity index (χ1) is 8.45. The third-order valence-electron chi connectivity index (χ3n) is 2.80. The second-order valence-electron chi connectivity index (χ2n) is 4.31. The molecule has 0 saturated heterocycles. The van der Waals surface area contributed by atoms with Crippen LogP contribution in [0.25, 0.3) is 0 Å². The normalized spacial score (nSPS) is 12.3. The molecule has 3 N–H and O–H groups in total. The Balaban J connectivity index is 3.09. The van der Waals surface area contributed by atoms with E-state index in [0.717, 1.165) is 12.8 Å². The highest BCUT2D eigenvalue weighted by Crippen LogP contribution is 2.21. The zero-order chi connectivity index (χ0) is 13.8. The van der Waals surface area contributed by atoms with Gasteiger partial charge >= 0.3 is 0 Å². The quantitative estimate of drug-likeness (QED) is 0.768. The van der Waals surface area contributed by atoms with Crippen LogP contribution in [0.5, 0.6) is 0 Å². The van der Waals surface area contributed by atoms with E-state index in [1.165, 1.54) is 4.31 Å². The van der Waals surface area contributed by atoms with Gasteiger partial charge in [-0.25, -0.2) is 8.42 Å². The summed E-state index contributed by atoms with van der Waals surface area (Å²) >= 11 is 0. The highest BCUT2D eigenvalue weighted by Gasteiger charge is 2.28. The average Bonchev–Trinajstić information content (AvgIpc) is 2.64. The van der Waals surface area contributed by atoms with E-state index < -0.39 is 10.0 Å². The molecule has 0 aromatic carbocycles. The summed E-state index contributed by atoms with van der Waals surface area (Å²) in [6, 6.07) is 0. The van der Waals surface area contributed by atoms with E-state index in [2.05, 4.69) is 10.2 Å². The Morgan fingerprint density at radius 1 is 1.33 bits per heavy atom. The molecule has 104 valence electrons. The van der Waals surface area contributed by atoms with Crippen molar-refractivity contribution in [2.45, 2.75) is 38.5 Å². The van der Waals surface area contributed by atoms with Gasteiger partial charge in [0.15, 0.2) is 0 Å². The number of nitrogens with one attached hydrogen (secondary N) is 1. The van der Waals surface area contributed by atoms with Crippen molar-refractivity contribution in [3.63, 3.8) is 0 Å². The van der Waals surface area contributed by atoms with Crippen molar-refractivity contribution in [2.75, 3.05) is 19.6 Å². The fourth-order valence-electron chi connectivity index (χ4n) is 1.88. The molecular weight excluding hydrogens is 252 g/mol.